The topological polar surface area (TPSA) is 50.1 Å². The Hall–Kier alpha value is -4.35. The van der Waals surface area contributed by atoms with Crippen LogP contribution in [0.15, 0.2) is 144 Å². The number of hydrogen-bond donors (Lipinski definition) is 3. The number of benzene rings is 6. The Bertz CT molecular complexity index is 1940. The van der Waals surface area contributed by atoms with Gasteiger partial charge in [0.05, 0.1) is 11.7 Å². The highest BCUT2D eigenvalue weighted by atomic mass is 32.2. The van der Waals surface area contributed by atoms with Gasteiger partial charge in [-0.05, 0) is 44.5 Å². The quantitative estimate of drug-likeness (QED) is 0.193. The first-order chi connectivity index (χ1) is 20.2. The van der Waals surface area contributed by atoms with Gasteiger partial charge in [-0.2, -0.15) is 0 Å². The molecular weight excluding hydrogens is 518 g/mol. The van der Waals surface area contributed by atoms with Crippen LogP contribution in [0.5, 0.6) is 0 Å². The summed E-state index contributed by atoms with van der Waals surface area (Å²) in [7, 11) is 0. The van der Waals surface area contributed by atoms with E-state index in [0.29, 0.717) is 0 Å². The van der Waals surface area contributed by atoms with Gasteiger partial charge in [0.2, 0.25) is 0 Å². The van der Waals surface area contributed by atoms with Gasteiger partial charge in [0.15, 0.2) is 0 Å². The summed E-state index contributed by atoms with van der Waals surface area (Å²) in [6.07, 6.45) is 2.31. The zero-order valence-corrected chi connectivity index (χ0v) is 23.2. The van der Waals surface area contributed by atoms with Crippen LogP contribution in [-0.4, -0.2) is 0 Å². The third-order valence-electron chi connectivity index (χ3n) is 8.41. The molecule has 2 unspecified atom stereocenters. The van der Waals surface area contributed by atoms with E-state index in [9.17, 15) is 0 Å². The van der Waals surface area contributed by atoms with Gasteiger partial charge in [0.1, 0.15) is 11.0 Å². The standard InChI is InChI=1S/C37H29N3S/c38-37(30(25-13-4-1-5-14-25)23-32(40-37)26-15-6-2-7-16-26)31-22-28-21-20-24-12-10-11-19-29(24)33(28)34-35(31)41-36(39-34)27-17-8-3-9-18-27/h1-23,32,36,39-40H,38H2/t32?,36?,37-/m1/s1. The lowest BCUT2D eigenvalue weighted by atomic mass is 9.86. The van der Waals surface area contributed by atoms with Crippen molar-refractivity contribution in [1.82, 2.24) is 5.32 Å². The molecule has 0 aromatic heterocycles. The Labute approximate surface area is 244 Å². The summed E-state index contributed by atoms with van der Waals surface area (Å²) >= 11 is 1.86. The summed E-state index contributed by atoms with van der Waals surface area (Å²) < 4.78 is 0. The summed E-state index contributed by atoms with van der Waals surface area (Å²) in [6.45, 7) is 0. The van der Waals surface area contributed by atoms with Crippen molar-refractivity contribution in [3.05, 3.63) is 162 Å². The van der Waals surface area contributed by atoms with Crippen molar-refractivity contribution < 1.29 is 0 Å². The molecule has 198 valence electrons. The second-order valence-electron chi connectivity index (χ2n) is 10.9. The van der Waals surface area contributed by atoms with Gasteiger partial charge in [-0.3, -0.25) is 5.32 Å². The molecule has 0 spiro atoms. The highest BCUT2D eigenvalue weighted by Gasteiger charge is 2.44. The molecule has 4 N–H and O–H groups in total. The van der Waals surface area contributed by atoms with E-state index in [-0.39, 0.29) is 11.4 Å². The number of anilines is 1. The minimum atomic E-state index is -0.897. The van der Waals surface area contributed by atoms with E-state index in [4.69, 9.17) is 5.73 Å². The molecule has 0 fully saturated rings. The fourth-order valence-electron chi connectivity index (χ4n) is 6.43. The largest absolute Gasteiger partial charge is 0.368 e. The van der Waals surface area contributed by atoms with Gasteiger partial charge in [0.25, 0.3) is 0 Å². The summed E-state index contributed by atoms with van der Waals surface area (Å²) in [6, 6.07) is 47.2. The highest BCUT2D eigenvalue weighted by molar-refractivity contribution is 8.00. The van der Waals surface area contributed by atoms with Crippen molar-refractivity contribution in [3.63, 3.8) is 0 Å². The fourth-order valence-corrected chi connectivity index (χ4v) is 7.77. The summed E-state index contributed by atoms with van der Waals surface area (Å²) in [5.41, 5.74) is 13.7. The molecule has 0 aliphatic carbocycles. The fraction of sp³-hybridized carbons (Fsp3) is 0.0811. The van der Waals surface area contributed by atoms with Crippen LogP contribution < -0.4 is 16.4 Å². The van der Waals surface area contributed by atoms with Crippen LogP contribution in [0, 0.1) is 0 Å². The lowest BCUT2D eigenvalue weighted by Gasteiger charge is -2.33. The minimum absolute atomic E-state index is 0.0105. The maximum absolute atomic E-state index is 7.62. The first-order valence-corrected chi connectivity index (χ1v) is 14.9. The van der Waals surface area contributed by atoms with Gasteiger partial charge in [-0.25, -0.2) is 0 Å². The molecule has 3 atom stereocenters. The third kappa shape index (κ3) is 3.98. The van der Waals surface area contributed by atoms with Crippen LogP contribution in [0.25, 0.3) is 27.1 Å². The molecule has 6 aromatic rings. The molecule has 3 nitrogen and oxygen atoms in total. The molecule has 0 radical (unpaired) electrons. The van der Waals surface area contributed by atoms with E-state index in [1.54, 1.807) is 0 Å². The normalized spacial score (nSPS) is 21.5. The van der Waals surface area contributed by atoms with Crippen LogP contribution in [0.4, 0.5) is 5.69 Å². The molecule has 0 saturated heterocycles. The predicted molar refractivity (Wildman–Crippen MR) is 173 cm³/mol. The zero-order chi connectivity index (χ0) is 27.4. The van der Waals surface area contributed by atoms with Crippen LogP contribution in [-0.2, 0) is 5.66 Å². The average molecular weight is 548 g/mol. The van der Waals surface area contributed by atoms with E-state index >= 15 is 0 Å². The van der Waals surface area contributed by atoms with Gasteiger partial charge >= 0.3 is 0 Å². The van der Waals surface area contributed by atoms with E-state index in [1.165, 1.54) is 37.6 Å². The van der Waals surface area contributed by atoms with Crippen molar-refractivity contribution in [2.45, 2.75) is 22.0 Å². The Morgan fingerprint density at radius 1 is 0.659 bits per heavy atom. The zero-order valence-electron chi connectivity index (χ0n) is 22.4. The van der Waals surface area contributed by atoms with Crippen molar-refractivity contribution in [3.8, 4) is 0 Å². The number of thioether (sulfide) groups is 1. The predicted octanol–water partition coefficient (Wildman–Crippen LogP) is 8.75. The first kappa shape index (κ1) is 24.4. The van der Waals surface area contributed by atoms with Crippen molar-refractivity contribution >= 4 is 44.6 Å². The summed E-state index contributed by atoms with van der Waals surface area (Å²) in [4.78, 5) is 1.20. The molecule has 2 aliphatic rings. The van der Waals surface area contributed by atoms with E-state index in [2.05, 4.69) is 150 Å². The van der Waals surface area contributed by atoms with Crippen molar-refractivity contribution in [2.75, 3.05) is 5.32 Å². The maximum Gasteiger partial charge on any atom is 0.121 e. The minimum Gasteiger partial charge on any atom is -0.368 e. The first-order valence-electron chi connectivity index (χ1n) is 14.1. The van der Waals surface area contributed by atoms with Crippen LogP contribution in [0.1, 0.15) is 33.7 Å². The van der Waals surface area contributed by atoms with E-state index in [0.717, 1.165) is 22.4 Å². The molecule has 0 amide bonds. The Morgan fingerprint density at radius 2 is 1.29 bits per heavy atom. The Kier molecular flexibility index (Phi) is 5.75. The monoisotopic (exact) mass is 547 g/mol. The Balaban J connectivity index is 1.37. The number of nitrogens with one attached hydrogen (secondary N) is 2. The molecule has 2 aliphatic heterocycles. The number of rotatable bonds is 4. The van der Waals surface area contributed by atoms with Crippen LogP contribution in [0.3, 0.4) is 0 Å². The second kappa shape index (κ2) is 9.64. The second-order valence-corrected chi connectivity index (χ2v) is 12.0. The summed E-state index contributed by atoms with van der Waals surface area (Å²) in [5, 5.41) is 12.8. The molecule has 2 heterocycles. The molecular formula is C37H29N3S. The number of hydrogen-bond acceptors (Lipinski definition) is 4. The SMILES string of the molecule is N[C@@]1(c2cc3ccc4ccccc4c3c3c2SC(c2ccccc2)N3)NC(c2ccccc2)C=C1c1ccccc1. The molecule has 4 heteroatoms. The molecule has 0 bridgehead atoms. The molecule has 0 saturated carbocycles. The average Bonchev–Trinajstić information content (AvgIpc) is 3.64. The number of fused-ring (bicyclic) bond motifs is 5. The van der Waals surface area contributed by atoms with E-state index < -0.39 is 5.66 Å². The third-order valence-corrected chi connectivity index (χ3v) is 9.69. The van der Waals surface area contributed by atoms with Gasteiger partial charge < -0.3 is 11.1 Å². The van der Waals surface area contributed by atoms with Crippen molar-refractivity contribution in [2.24, 2.45) is 5.73 Å². The molecule has 6 aromatic carbocycles. The summed E-state index contributed by atoms with van der Waals surface area (Å²) in [5.74, 6) is 0. The smallest absolute Gasteiger partial charge is 0.121 e. The highest BCUT2D eigenvalue weighted by Crippen LogP contribution is 2.56. The lowest BCUT2D eigenvalue weighted by molar-refractivity contribution is 0.439. The number of nitrogens with two attached hydrogens (primary N) is 1. The maximum atomic E-state index is 7.62. The van der Waals surface area contributed by atoms with Gasteiger partial charge in [-0.15, -0.1) is 0 Å². The van der Waals surface area contributed by atoms with Crippen LogP contribution in [0.2, 0.25) is 0 Å². The van der Waals surface area contributed by atoms with E-state index in [1.807, 2.05) is 11.8 Å². The van der Waals surface area contributed by atoms with Gasteiger partial charge in [-0.1, -0.05) is 145 Å². The molecule has 41 heavy (non-hydrogen) atoms. The van der Waals surface area contributed by atoms with Crippen molar-refractivity contribution in [1.29, 1.82) is 0 Å². The molecule has 8 rings (SSSR count). The van der Waals surface area contributed by atoms with Gasteiger partial charge in [0, 0.05) is 15.8 Å². The Morgan fingerprint density at radius 3 is 2.05 bits per heavy atom. The van der Waals surface area contributed by atoms with Crippen LogP contribution >= 0.6 is 11.8 Å². The lowest BCUT2D eigenvalue weighted by Crippen LogP contribution is -2.49.